The van der Waals surface area contributed by atoms with Crippen molar-refractivity contribution in [3.8, 4) is 5.75 Å². The number of phenols is 1. The van der Waals surface area contributed by atoms with E-state index in [1.54, 1.807) is 39.0 Å². The van der Waals surface area contributed by atoms with Crippen molar-refractivity contribution in [2.75, 3.05) is 6.54 Å². The van der Waals surface area contributed by atoms with Crippen LogP contribution in [0.2, 0.25) is 0 Å². The van der Waals surface area contributed by atoms with Gasteiger partial charge in [0.2, 0.25) is 0 Å². The minimum atomic E-state index is -1.36. The number of ether oxygens (including phenoxy) is 1. The van der Waals surface area contributed by atoms with Gasteiger partial charge < -0.3 is 25.4 Å². The van der Waals surface area contributed by atoms with Crippen molar-refractivity contribution in [3.63, 3.8) is 0 Å². The highest BCUT2D eigenvalue weighted by Gasteiger charge is 2.25. The summed E-state index contributed by atoms with van der Waals surface area (Å²) in [5.41, 5.74) is -0.423. The molecule has 0 fully saturated rings. The summed E-state index contributed by atoms with van der Waals surface area (Å²) in [6.45, 7) is 4.97. The molecule has 0 saturated heterocycles. The SMILES string of the molecule is CC(C)(C)OC(=O)NCC(O)C(O)c1c(O)ccc2ccccc12. The van der Waals surface area contributed by atoms with E-state index in [1.807, 2.05) is 12.1 Å². The van der Waals surface area contributed by atoms with Gasteiger partial charge in [0.25, 0.3) is 0 Å². The van der Waals surface area contributed by atoms with Gasteiger partial charge in [0.05, 0.1) is 0 Å². The summed E-state index contributed by atoms with van der Waals surface area (Å²) < 4.78 is 5.08. The third kappa shape index (κ3) is 4.37. The molecule has 2 aromatic carbocycles. The lowest BCUT2D eigenvalue weighted by Crippen LogP contribution is -2.38. The summed E-state index contributed by atoms with van der Waals surface area (Å²) in [4.78, 5) is 11.6. The second-order valence-corrected chi connectivity index (χ2v) is 6.61. The quantitative estimate of drug-likeness (QED) is 0.689. The number of phenolic OH excluding ortho intramolecular Hbond substituents is 1. The Hall–Kier alpha value is -2.31. The predicted octanol–water partition coefficient (Wildman–Crippen LogP) is 2.46. The second-order valence-electron chi connectivity index (χ2n) is 6.61. The topological polar surface area (TPSA) is 99.0 Å². The fraction of sp³-hybridized carbons (Fsp3) is 0.389. The number of hydrogen-bond donors (Lipinski definition) is 4. The van der Waals surface area contributed by atoms with E-state index in [4.69, 9.17) is 4.74 Å². The van der Waals surface area contributed by atoms with Gasteiger partial charge in [-0.3, -0.25) is 0 Å². The second kappa shape index (κ2) is 7.07. The van der Waals surface area contributed by atoms with Gasteiger partial charge in [0.1, 0.15) is 23.6 Å². The van der Waals surface area contributed by atoms with Gasteiger partial charge in [-0.05, 0) is 37.6 Å². The average Bonchev–Trinajstić information content (AvgIpc) is 2.50. The van der Waals surface area contributed by atoms with Crippen LogP contribution in [0.5, 0.6) is 5.75 Å². The van der Waals surface area contributed by atoms with Crippen LogP contribution < -0.4 is 5.32 Å². The highest BCUT2D eigenvalue weighted by molar-refractivity contribution is 5.88. The number of aliphatic hydroxyl groups excluding tert-OH is 2. The summed E-state index contributed by atoms with van der Waals surface area (Å²) >= 11 is 0. The molecule has 0 aliphatic heterocycles. The number of aromatic hydroxyl groups is 1. The lowest BCUT2D eigenvalue weighted by atomic mass is 9.96. The Kier molecular flexibility index (Phi) is 5.31. The van der Waals surface area contributed by atoms with Crippen molar-refractivity contribution < 1.29 is 24.9 Å². The molecule has 2 atom stereocenters. The first-order chi connectivity index (χ1) is 11.2. The summed E-state index contributed by atoms with van der Waals surface area (Å²) in [5, 5.41) is 34.5. The zero-order chi connectivity index (χ0) is 17.9. The number of carbonyl (C=O) groups is 1. The number of benzene rings is 2. The van der Waals surface area contributed by atoms with E-state index in [0.717, 1.165) is 5.39 Å². The summed E-state index contributed by atoms with van der Waals surface area (Å²) in [7, 11) is 0. The Morgan fingerprint density at radius 1 is 1.17 bits per heavy atom. The van der Waals surface area contributed by atoms with Crippen LogP contribution in [0.25, 0.3) is 10.8 Å². The molecular weight excluding hydrogens is 310 g/mol. The van der Waals surface area contributed by atoms with Crippen LogP contribution in [0, 0.1) is 0 Å². The zero-order valence-electron chi connectivity index (χ0n) is 14.0. The third-order valence-corrected chi connectivity index (χ3v) is 3.46. The van der Waals surface area contributed by atoms with Crippen molar-refractivity contribution in [2.24, 2.45) is 0 Å². The fourth-order valence-electron chi connectivity index (χ4n) is 2.40. The van der Waals surface area contributed by atoms with E-state index < -0.39 is 23.9 Å². The van der Waals surface area contributed by atoms with Crippen molar-refractivity contribution in [2.45, 2.75) is 38.6 Å². The normalized spacial score (nSPS) is 14.2. The largest absolute Gasteiger partial charge is 0.508 e. The first-order valence-electron chi connectivity index (χ1n) is 7.72. The molecule has 2 aromatic rings. The van der Waals surface area contributed by atoms with Crippen LogP contribution in [0.3, 0.4) is 0 Å². The van der Waals surface area contributed by atoms with Crippen LogP contribution >= 0.6 is 0 Å². The van der Waals surface area contributed by atoms with Crippen molar-refractivity contribution >= 4 is 16.9 Å². The molecular formula is C18H23NO5. The number of nitrogens with one attached hydrogen (secondary N) is 1. The number of alkyl carbamates (subject to hydrolysis) is 1. The van der Waals surface area contributed by atoms with E-state index in [2.05, 4.69) is 5.32 Å². The maximum absolute atomic E-state index is 11.6. The van der Waals surface area contributed by atoms with Crippen molar-refractivity contribution in [1.82, 2.24) is 5.32 Å². The zero-order valence-corrected chi connectivity index (χ0v) is 14.0. The lowest BCUT2D eigenvalue weighted by molar-refractivity contribution is 0.0127. The first-order valence-corrected chi connectivity index (χ1v) is 7.72. The van der Waals surface area contributed by atoms with Gasteiger partial charge in [-0.1, -0.05) is 30.3 Å². The molecule has 6 nitrogen and oxygen atoms in total. The van der Waals surface area contributed by atoms with Crippen LogP contribution in [-0.4, -0.2) is 39.7 Å². The fourth-order valence-corrected chi connectivity index (χ4v) is 2.40. The van der Waals surface area contributed by atoms with Gasteiger partial charge in [0, 0.05) is 12.1 Å². The molecule has 24 heavy (non-hydrogen) atoms. The van der Waals surface area contributed by atoms with E-state index in [-0.39, 0.29) is 17.9 Å². The number of fused-ring (bicyclic) bond motifs is 1. The molecule has 0 radical (unpaired) electrons. The molecule has 0 heterocycles. The molecule has 0 saturated carbocycles. The molecule has 2 rings (SSSR count). The summed E-state index contributed by atoms with van der Waals surface area (Å²) in [6, 6.07) is 10.4. The Balaban J connectivity index is 2.13. The number of rotatable bonds is 4. The van der Waals surface area contributed by atoms with Crippen LogP contribution in [-0.2, 0) is 4.74 Å². The van der Waals surface area contributed by atoms with E-state index in [9.17, 15) is 20.1 Å². The monoisotopic (exact) mass is 333 g/mol. The van der Waals surface area contributed by atoms with Crippen molar-refractivity contribution in [3.05, 3.63) is 42.0 Å². The predicted molar refractivity (Wildman–Crippen MR) is 90.8 cm³/mol. The Morgan fingerprint density at radius 2 is 1.83 bits per heavy atom. The Bertz CT molecular complexity index is 723. The maximum atomic E-state index is 11.6. The Morgan fingerprint density at radius 3 is 2.50 bits per heavy atom. The van der Waals surface area contributed by atoms with Crippen LogP contribution in [0.4, 0.5) is 4.79 Å². The summed E-state index contributed by atoms with van der Waals surface area (Å²) in [6.07, 6.45) is -3.34. The van der Waals surface area contributed by atoms with Gasteiger partial charge in [-0.15, -0.1) is 0 Å². The van der Waals surface area contributed by atoms with Crippen LogP contribution in [0.1, 0.15) is 32.4 Å². The standard InChI is InChI=1S/C18H23NO5/c1-18(2,3)24-17(23)19-10-14(21)16(22)15-12-7-5-4-6-11(12)8-9-13(15)20/h4-9,14,16,20-22H,10H2,1-3H3,(H,19,23). The van der Waals surface area contributed by atoms with Crippen molar-refractivity contribution in [1.29, 1.82) is 0 Å². The summed E-state index contributed by atoms with van der Waals surface area (Å²) in [5.74, 6) is -0.113. The van der Waals surface area contributed by atoms with Gasteiger partial charge in [-0.2, -0.15) is 0 Å². The minimum absolute atomic E-state index is 0.113. The molecule has 1 amide bonds. The number of amides is 1. The average molecular weight is 333 g/mol. The highest BCUT2D eigenvalue weighted by atomic mass is 16.6. The van der Waals surface area contributed by atoms with E-state index >= 15 is 0 Å². The third-order valence-electron chi connectivity index (χ3n) is 3.46. The molecule has 4 N–H and O–H groups in total. The molecule has 0 aliphatic rings. The smallest absolute Gasteiger partial charge is 0.407 e. The number of aliphatic hydroxyl groups is 2. The minimum Gasteiger partial charge on any atom is -0.508 e. The Labute approximate surface area is 140 Å². The van der Waals surface area contributed by atoms with E-state index in [1.165, 1.54) is 6.07 Å². The first kappa shape index (κ1) is 18.0. The van der Waals surface area contributed by atoms with E-state index in [0.29, 0.717) is 5.39 Å². The highest BCUT2D eigenvalue weighted by Crippen LogP contribution is 2.33. The molecule has 0 aliphatic carbocycles. The number of carbonyl (C=O) groups excluding carboxylic acids is 1. The molecule has 6 heteroatoms. The van der Waals surface area contributed by atoms with Crippen LogP contribution in [0.15, 0.2) is 36.4 Å². The van der Waals surface area contributed by atoms with Gasteiger partial charge in [-0.25, -0.2) is 4.79 Å². The molecule has 2 unspecified atom stereocenters. The maximum Gasteiger partial charge on any atom is 0.407 e. The lowest BCUT2D eigenvalue weighted by Gasteiger charge is -2.23. The molecule has 0 aromatic heterocycles. The van der Waals surface area contributed by atoms with Gasteiger partial charge >= 0.3 is 6.09 Å². The molecule has 130 valence electrons. The van der Waals surface area contributed by atoms with Gasteiger partial charge in [0.15, 0.2) is 0 Å². The molecule has 0 spiro atoms. The number of hydrogen-bond acceptors (Lipinski definition) is 5. The molecule has 0 bridgehead atoms.